The highest BCUT2D eigenvalue weighted by Gasteiger charge is 2.20. The first kappa shape index (κ1) is 14.9. The fourth-order valence-corrected chi connectivity index (χ4v) is 1.29. The van der Waals surface area contributed by atoms with Crippen molar-refractivity contribution in [1.29, 1.82) is 0 Å². The van der Waals surface area contributed by atoms with Crippen LogP contribution in [-0.4, -0.2) is 67.1 Å². The van der Waals surface area contributed by atoms with Gasteiger partial charge in [0.2, 0.25) is 5.91 Å². The van der Waals surface area contributed by atoms with Gasteiger partial charge in [-0.15, -0.1) is 0 Å². The molecule has 1 amide bonds. The average molecular weight is 231 g/mol. The molecule has 0 aromatic heterocycles. The largest absolute Gasteiger partial charge is 0.481 e. The summed E-state index contributed by atoms with van der Waals surface area (Å²) < 4.78 is 0. The van der Waals surface area contributed by atoms with E-state index in [9.17, 15) is 9.59 Å². The Morgan fingerprint density at radius 3 is 2.25 bits per heavy atom. The lowest BCUT2D eigenvalue weighted by Gasteiger charge is -2.21. The summed E-state index contributed by atoms with van der Waals surface area (Å²) >= 11 is 0. The van der Waals surface area contributed by atoms with E-state index < -0.39 is 12.0 Å². The maximum Gasteiger partial charge on any atom is 0.305 e. The van der Waals surface area contributed by atoms with Gasteiger partial charge in [-0.3, -0.25) is 9.59 Å². The van der Waals surface area contributed by atoms with E-state index in [0.29, 0.717) is 6.54 Å². The zero-order valence-electron chi connectivity index (χ0n) is 10.1. The molecule has 0 saturated carbocycles. The molecule has 6 heteroatoms. The molecule has 0 aliphatic carbocycles. The topological polar surface area (TPSA) is 86.9 Å². The Labute approximate surface area is 96.0 Å². The fourth-order valence-electron chi connectivity index (χ4n) is 1.29. The number of aliphatic carboxylic acids is 1. The monoisotopic (exact) mass is 231 g/mol. The second-order valence-electron chi connectivity index (χ2n) is 4.12. The molecule has 0 aromatic rings. The molecule has 1 unspecified atom stereocenters. The third-order valence-electron chi connectivity index (χ3n) is 2.19. The van der Waals surface area contributed by atoms with Crippen LogP contribution < -0.4 is 5.73 Å². The number of carboxylic acid groups (broad SMARTS) is 1. The van der Waals surface area contributed by atoms with Gasteiger partial charge < -0.3 is 20.6 Å². The molecule has 0 aliphatic rings. The van der Waals surface area contributed by atoms with Gasteiger partial charge in [0.05, 0.1) is 12.5 Å². The molecule has 16 heavy (non-hydrogen) atoms. The van der Waals surface area contributed by atoms with Gasteiger partial charge in [0, 0.05) is 13.6 Å². The van der Waals surface area contributed by atoms with Crippen LogP contribution in [0, 0.1) is 0 Å². The molecular weight excluding hydrogens is 210 g/mol. The number of nitrogens with two attached hydrogens (primary N) is 1. The van der Waals surface area contributed by atoms with Gasteiger partial charge in [-0.05, 0) is 27.1 Å². The normalized spacial score (nSPS) is 12.6. The number of carboxylic acids is 1. The van der Waals surface area contributed by atoms with Gasteiger partial charge >= 0.3 is 5.97 Å². The standard InChI is InChI=1S/C10H21N3O3/c1-12(2)5-4-6-13(3)10(16)8(11)7-9(14)15/h8H,4-7,11H2,1-3H3,(H,14,15). The van der Waals surface area contributed by atoms with Crippen LogP contribution >= 0.6 is 0 Å². The number of hydrogen-bond donors (Lipinski definition) is 2. The highest BCUT2D eigenvalue weighted by molar-refractivity contribution is 5.85. The zero-order valence-corrected chi connectivity index (χ0v) is 10.1. The van der Waals surface area contributed by atoms with Crippen LogP contribution in [0.1, 0.15) is 12.8 Å². The van der Waals surface area contributed by atoms with Crippen molar-refractivity contribution in [2.24, 2.45) is 5.73 Å². The molecule has 0 rings (SSSR count). The fraction of sp³-hybridized carbons (Fsp3) is 0.800. The molecule has 0 spiro atoms. The van der Waals surface area contributed by atoms with E-state index in [2.05, 4.69) is 0 Å². The van der Waals surface area contributed by atoms with E-state index in [0.717, 1.165) is 13.0 Å². The lowest BCUT2D eigenvalue weighted by molar-refractivity contribution is -0.141. The Hall–Kier alpha value is -1.14. The molecule has 3 N–H and O–H groups in total. The zero-order chi connectivity index (χ0) is 12.7. The number of nitrogens with zero attached hydrogens (tertiary/aromatic N) is 2. The molecule has 1 atom stereocenters. The van der Waals surface area contributed by atoms with E-state index in [1.165, 1.54) is 4.90 Å². The van der Waals surface area contributed by atoms with Crippen molar-refractivity contribution in [2.75, 3.05) is 34.2 Å². The summed E-state index contributed by atoms with van der Waals surface area (Å²) in [5, 5.41) is 8.51. The predicted molar refractivity (Wildman–Crippen MR) is 61.0 cm³/mol. The van der Waals surface area contributed by atoms with Gasteiger partial charge in [-0.1, -0.05) is 0 Å². The van der Waals surface area contributed by atoms with Gasteiger partial charge in [-0.25, -0.2) is 0 Å². The maximum atomic E-state index is 11.6. The first-order chi connectivity index (χ1) is 7.34. The summed E-state index contributed by atoms with van der Waals surface area (Å²) in [5.41, 5.74) is 5.47. The number of carbonyl (C=O) groups is 2. The second kappa shape index (κ2) is 7.19. The van der Waals surface area contributed by atoms with Crippen molar-refractivity contribution in [1.82, 2.24) is 9.80 Å². The number of amides is 1. The Morgan fingerprint density at radius 2 is 1.81 bits per heavy atom. The van der Waals surface area contributed by atoms with Crippen molar-refractivity contribution < 1.29 is 14.7 Å². The molecule has 0 fully saturated rings. The summed E-state index contributed by atoms with van der Waals surface area (Å²) in [6, 6.07) is -0.943. The molecule has 0 aliphatic heterocycles. The smallest absolute Gasteiger partial charge is 0.305 e. The summed E-state index contributed by atoms with van der Waals surface area (Å²) in [6.45, 7) is 1.47. The molecule has 0 radical (unpaired) electrons. The van der Waals surface area contributed by atoms with Crippen LogP contribution in [0.5, 0.6) is 0 Å². The van der Waals surface area contributed by atoms with Crippen molar-refractivity contribution in [3.63, 3.8) is 0 Å². The van der Waals surface area contributed by atoms with Crippen molar-refractivity contribution >= 4 is 11.9 Å². The van der Waals surface area contributed by atoms with Crippen LogP contribution in [0.25, 0.3) is 0 Å². The van der Waals surface area contributed by atoms with Crippen LogP contribution in [-0.2, 0) is 9.59 Å². The average Bonchev–Trinajstić information content (AvgIpc) is 2.14. The Bertz CT molecular complexity index is 243. The third kappa shape index (κ3) is 6.36. The second-order valence-corrected chi connectivity index (χ2v) is 4.12. The minimum atomic E-state index is -1.05. The third-order valence-corrected chi connectivity index (χ3v) is 2.19. The summed E-state index contributed by atoms with van der Waals surface area (Å²) in [7, 11) is 5.55. The van der Waals surface area contributed by atoms with E-state index >= 15 is 0 Å². The molecule has 6 nitrogen and oxygen atoms in total. The highest BCUT2D eigenvalue weighted by Crippen LogP contribution is 1.97. The van der Waals surface area contributed by atoms with E-state index in [1.54, 1.807) is 7.05 Å². The predicted octanol–water partition coefficient (Wildman–Crippen LogP) is -0.801. The van der Waals surface area contributed by atoms with E-state index in [-0.39, 0.29) is 12.3 Å². The van der Waals surface area contributed by atoms with Gasteiger partial charge in [-0.2, -0.15) is 0 Å². The van der Waals surface area contributed by atoms with E-state index in [1.807, 2.05) is 19.0 Å². The first-order valence-electron chi connectivity index (χ1n) is 5.21. The molecule has 0 bridgehead atoms. The first-order valence-corrected chi connectivity index (χ1v) is 5.21. The van der Waals surface area contributed by atoms with Gasteiger partial charge in [0.25, 0.3) is 0 Å². The summed E-state index contributed by atoms with van der Waals surface area (Å²) in [4.78, 5) is 25.5. The lowest BCUT2D eigenvalue weighted by Crippen LogP contribution is -2.43. The Balaban J connectivity index is 3.93. The summed E-state index contributed by atoms with van der Waals surface area (Å²) in [5.74, 6) is -1.37. The van der Waals surface area contributed by atoms with Crippen molar-refractivity contribution in [3.05, 3.63) is 0 Å². The van der Waals surface area contributed by atoms with Gasteiger partial charge in [0.15, 0.2) is 0 Å². The SMILES string of the molecule is CN(C)CCCN(C)C(=O)C(N)CC(=O)O. The van der Waals surface area contributed by atoms with Gasteiger partial charge in [0.1, 0.15) is 0 Å². The Morgan fingerprint density at radius 1 is 1.25 bits per heavy atom. The highest BCUT2D eigenvalue weighted by atomic mass is 16.4. The van der Waals surface area contributed by atoms with Crippen LogP contribution in [0.2, 0.25) is 0 Å². The van der Waals surface area contributed by atoms with E-state index in [4.69, 9.17) is 10.8 Å². The quantitative estimate of drug-likeness (QED) is 0.599. The molecule has 0 saturated heterocycles. The van der Waals surface area contributed by atoms with Crippen LogP contribution in [0.15, 0.2) is 0 Å². The molecule has 0 aromatic carbocycles. The number of carbonyl (C=O) groups excluding carboxylic acids is 1. The minimum Gasteiger partial charge on any atom is -0.481 e. The minimum absolute atomic E-state index is 0.318. The molecular formula is C10H21N3O3. The maximum absolute atomic E-state index is 11.6. The lowest BCUT2D eigenvalue weighted by atomic mass is 10.2. The molecule has 94 valence electrons. The molecule has 0 heterocycles. The van der Waals surface area contributed by atoms with Crippen LogP contribution in [0.3, 0.4) is 0 Å². The van der Waals surface area contributed by atoms with Crippen molar-refractivity contribution in [2.45, 2.75) is 18.9 Å². The Kier molecular flexibility index (Phi) is 6.67. The summed E-state index contributed by atoms with van der Waals surface area (Å²) in [6.07, 6.45) is 0.520. The number of hydrogen-bond acceptors (Lipinski definition) is 4. The number of likely N-dealkylation sites (N-methyl/N-ethyl adjacent to an activating group) is 1. The number of rotatable bonds is 7. The van der Waals surface area contributed by atoms with Crippen molar-refractivity contribution in [3.8, 4) is 0 Å². The van der Waals surface area contributed by atoms with Crippen LogP contribution in [0.4, 0.5) is 0 Å².